The molecule has 0 saturated carbocycles. The predicted molar refractivity (Wildman–Crippen MR) is 86.1 cm³/mol. The van der Waals surface area contributed by atoms with Gasteiger partial charge in [0.1, 0.15) is 11.4 Å². The van der Waals surface area contributed by atoms with Crippen molar-refractivity contribution in [3.05, 3.63) is 27.4 Å². The van der Waals surface area contributed by atoms with Gasteiger partial charge in [-0.3, -0.25) is 9.59 Å². The summed E-state index contributed by atoms with van der Waals surface area (Å²) in [7, 11) is 0. The van der Waals surface area contributed by atoms with E-state index in [2.05, 4.69) is 15.3 Å². The predicted octanol–water partition coefficient (Wildman–Crippen LogP) is 1.26. The number of hydrogen-bond acceptors (Lipinski definition) is 4. The van der Waals surface area contributed by atoms with Crippen molar-refractivity contribution < 1.29 is 4.79 Å². The van der Waals surface area contributed by atoms with Crippen LogP contribution in [-0.4, -0.2) is 28.5 Å². The molecule has 0 aromatic carbocycles. The van der Waals surface area contributed by atoms with Crippen LogP contribution in [0.2, 0.25) is 0 Å². The molecule has 0 saturated heterocycles. The first-order chi connectivity index (χ1) is 9.12. The molecule has 0 aliphatic carbocycles. The van der Waals surface area contributed by atoms with Crippen molar-refractivity contribution in [2.24, 2.45) is 5.73 Å². The number of H-pyrrole nitrogens is 1. The van der Waals surface area contributed by atoms with Crippen LogP contribution < -0.4 is 16.6 Å². The first kappa shape index (κ1) is 19.6. The fourth-order valence-corrected chi connectivity index (χ4v) is 1.71. The van der Waals surface area contributed by atoms with Gasteiger partial charge < -0.3 is 16.0 Å². The highest BCUT2D eigenvalue weighted by molar-refractivity contribution is 5.94. The second-order valence-corrected chi connectivity index (χ2v) is 6.15. The number of carbonyl (C=O) groups is 1. The Hall–Kier alpha value is -1.40. The summed E-state index contributed by atoms with van der Waals surface area (Å²) in [5, 5.41) is 2.69. The van der Waals surface area contributed by atoms with E-state index in [4.69, 9.17) is 5.73 Å². The summed E-state index contributed by atoms with van der Waals surface area (Å²) in [6.45, 7) is 9.83. The normalized spacial score (nSPS) is 12.5. The average molecular weight is 317 g/mol. The zero-order valence-corrected chi connectivity index (χ0v) is 14.1. The largest absolute Gasteiger partial charge is 0.352 e. The fraction of sp³-hybridized carbons (Fsp3) is 0.643. The summed E-state index contributed by atoms with van der Waals surface area (Å²) in [5.41, 5.74) is 5.45. The number of aryl methyl sites for hydroxylation is 1. The number of nitrogens with two attached hydrogens (primary N) is 1. The molecule has 6 nitrogen and oxygen atoms in total. The first-order valence-electron chi connectivity index (χ1n) is 6.78. The van der Waals surface area contributed by atoms with E-state index in [1.807, 2.05) is 27.7 Å². The molecule has 1 aromatic heterocycles. The minimum Gasteiger partial charge on any atom is -0.352 e. The molecular formula is C14H25ClN4O2. The molecule has 0 radical (unpaired) electrons. The van der Waals surface area contributed by atoms with Gasteiger partial charge in [-0.05, 0) is 20.3 Å². The molecule has 0 fully saturated rings. The summed E-state index contributed by atoms with van der Waals surface area (Å²) in [6.07, 6.45) is 0.663. The Morgan fingerprint density at radius 3 is 2.43 bits per heavy atom. The first-order valence-corrected chi connectivity index (χ1v) is 6.78. The number of aromatic nitrogens is 2. The second-order valence-electron chi connectivity index (χ2n) is 6.15. The molecule has 1 amide bonds. The molecule has 1 unspecified atom stereocenters. The van der Waals surface area contributed by atoms with Crippen LogP contribution in [0, 0.1) is 6.92 Å². The van der Waals surface area contributed by atoms with Crippen LogP contribution in [-0.2, 0) is 5.41 Å². The molecule has 1 atom stereocenters. The Labute approximate surface area is 131 Å². The Morgan fingerprint density at radius 1 is 1.43 bits per heavy atom. The smallest absolute Gasteiger partial charge is 0.264 e. The van der Waals surface area contributed by atoms with Gasteiger partial charge in [0.2, 0.25) is 0 Å². The number of rotatable bonds is 4. The molecule has 1 aromatic rings. The van der Waals surface area contributed by atoms with Crippen LogP contribution in [0.5, 0.6) is 0 Å². The summed E-state index contributed by atoms with van der Waals surface area (Å²) >= 11 is 0. The van der Waals surface area contributed by atoms with Crippen molar-refractivity contribution in [1.29, 1.82) is 0 Å². The van der Waals surface area contributed by atoms with Crippen molar-refractivity contribution in [2.45, 2.75) is 52.5 Å². The maximum atomic E-state index is 12.1. The van der Waals surface area contributed by atoms with E-state index in [1.54, 1.807) is 6.92 Å². The van der Waals surface area contributed by atoms with Gasteiger partial charge in [-0.25, -0.2) is 4.98 Å². The van der Waals surface area contributed by atoms with Crippen LogP contribution in [0.15, 0.2) is 4.79 Å². The topological polar surface area (TPSA) is 101 Å². The van der Waals surface area contributed by atoms with Crippen molar-refractivity contribution in [2.75, 3.05) is 6.54 Å². The quantitative estimate of drug-likeness (QED) is 0.778. The van der Waals surface area contributed by atoms with Gasteiger partial charge in [-0.1, -0.05) is 20.8 Å². The van der Waals surface area contributed by atoms with E-state index < -0.39 is 11.5 Å². The molecule has 0 spiro atoms. The Balaban J connectivity index is 0.00000400. The third kappa shape index (κ3) is 5.47. The number of amides is 1. The van der Waals surface area contributed by atoms with Crippen LogP contribution in [0.4, 0.5) is 0 Å². The van der Waals surface area contributed by atoms with Crippen molar-refractivity contribution in [3.8, 4) is 0 Å². The lowest BCUT2D eigenvalue weighted by Crippen LogP contribution is -2.35. The lowest BCUT2D eigenvalue weighted by Gasteiger charge is -2.18. The van der Waals surface area contributed by atoms with Gasteiger partial charge in [-0.2, -0.15) is 0 Å². The van der Waals surface area contributed by atoms with E-state index in [1.165, 1.54) is 0 Å². The Morgan fingerprint density at radius 2 is 2.00 bits per heavy atom. The van der Waals surface area contributed by atoms with E-state index in [0.717, 1.165) is 0 Å². The summed E-state index contributed by atoms with van der Waals surface area (Å²) in [4.78, 5) is 31.1. The number of halogens is 1. The molecule has 1 heterocycles. The van der Waals surface area contributed by atoms with Crippen LogP contribution in [0.3, 0.4) is 0 Å². The molecule has 1 rings (SSSR count). The summed E-state index contributed by atoms with van der Waals surface area (Å²) < 4.78 is 0. The van der Waals surface area contributed by atoms with E-state index >= 15 is 0 Å². The molecule has 21 heavy (non-hydrogen) atoms. The highest BCUT2D eigenvalue weighted by atomic mass is 35.5. The molecule has 4 N–H and O–H groups in total. The zero-order chi connectivity index (χ0) is 15.5. The second kappa shape index (κ2) is 7.56. The average Bonchev–Trinajstić information content (AvgIpc) is 2.26. The standard InChI is InChI=1S/C14H24N4O2.ClH/c1-8(15)6-7-16-11(19)10-9(2)17-13(14(3,4)5)18-12(10)20;/h8H,6-7,15H2,1-5H3,(H,16,19)(H,17,18,20);1H. The lowest BCUT2D eigenvalue weighted by molar-refractivity contribution is 0.0950. The number of carbonyl (C=O) groups excluding carboxylic acids is 1. The van der Waals surface area contributed by atoms with Crippen LogP contribution >= 0.6 is 12.4 Å². The lowest BCUT2D eigenvalue weighted by atomic mass is 9.95. The molecule has 7 heteroatoms. The summed E-state index contributed by atoms with van der Waals surface area (Å²) in [5.74, 6) is 0.171. The van der Waals surface area contributed by atoms with E-state index in [9.17, 15) is 9.59 Å². The monoisotopic (exact) mass is 316 g/mol. The third-order valence-electron chi connectivity index (χ3n) is 2.92. The van der Waals surface area contributed by atoms with E-state index in [0.29, 0.717) is 24.5 Å². The fourth-order valence-electron chi connectivity index (χ4n) is 1.71. The maximum absolute atomic E-state index is 12.1. The number of aromatic amines is 1. The third-order valence-corrected chi connectivity index (χ3v) is 2.92. The molecule has 0 bridgehead atoms. The van der Waals surface area contributed by atoms with Crippen molar-refractivity contribution >= 4 is 18.3 Å². The highest BCUT2D eigenvalue weighted by Crippen LogP contribution is 2.17. The van der Waals surface area contributed by atoms with E-state index in [-0.39, 0.29) is 29.4 Å². The minimum absolute atomic E-state index is 0. The van der Waals surface area contributed by atoms with Crippen molar-refractivity contribution in [3.63, 3.8) is 0 Å². The van der Waals surface area contributed by atoms with Crippen molar-refractivity contribution in [1.82, 2.24) is 15.3 Å². The highest BCUT2D eigenvalue weighted by Gasteiger charge is 2.21. The minimum atomic E-state index is -0.405. The van der Waals surface area contributed by atoms with Crippen LogP contribution in [0.1, 0.15) is 56.0 Å². The van der Waals surface area contributed by atoms with Gasteiger partial charge in [0.15, 0.2) is 0 Å². The van der Waals surface area contributed by atoms with Gasteiger partial charge in [0, 0.05) is 18.0 Å². The number of nitrogens with one attached hydrogen (secondary N) is 2. The summed E-state index contributed by atoms with van der Waals surface area (Å²) in [6, 6.07) is 0.0103. The van der Waals surface area contributed by atoms with Gasteiger partial charge in [-0.15, -0.1) is 12.4 Å². The number of nitrogens with zero attached hydrogens (tertiary/aromatic N) is 1. The SMILES string of the molecule is Cc1nc(C(C)(C)C)[nH]c(=O)c1C(=O)NCCC(C)N.Cl. The Bertz CT molecular complexity index is 547. The zero-order valence-electron chi connectivity index (χ0n) is 13.2. The van der Waals surface area contributed by atoms with Gasteiger partial charge >= 0.3 is 0 Å². The van der Waals surface area contributed by atoms with Gasteiger partial charge in [0.25, 0.3) is 11.5 Å². The molecule has 120 valence electrons. The molecule has 0 aliphatic rings. The molecule has 0 aliphatic heterocycles. The van der Waals surface area contributed by atoms with Gasteiger partial charge in [0.05, 0.1) is 5.69 Å². The van der Waals surface area contributed by atoms with Crippen LogP contribution in [0.25, 0.3) is 0 Å². The Kier molecular flexibility index (Phi) is 7.06. The maximum Gasteiger partial charge on any atom is 0.264 e. The number of hydrogen-bond donors (Lipinski definition) is 3. The molecular weight excluding hydrogens is 292 g/mol.